The molecule has 0 amide bonds. The lowest BCUT2D eigenvalue weighted by atomic mass is 9.90. The smallest absolute Gasteiger partial charge is 0.321 e. The number of fused-ring (bicyclic) bond motifs is 3. The number of nitrogens with one attached hydrogen (secondary N) is 2. The summed E-state index contributed by atoms with van der Waals surface area (Å²) in [7, 11) is 0. The summed E-state index contributed by atoms with van der Waals surface area (Å²) in [5.74, 6) is -0.125. The summed E-state index contributed by atoms with van der Waals surface area (Å²) in [5, 5.41) is 14.8. The van der Waals surface area contributed by atoms with E-state index < -0.39 is 12.0 Å². The van der Waals surface area contributed by atoms with Crippen molar-refractivity contribution in [2.24, 2.45) is 0 Å². The maximum absolute atomic E-state index is 11.8. The number of hydrogen-bond acceptors (Lipinski definition) is 3. The maximum atomic E-state index is 11.8. The first kappa shape index (κ1) is 19.7. The molecule has 0 saturated carbocycles. The molecule has 1 aliphatic heterocycles. The fourth-order valence-electron chi connectivity index (χ4n) is 4.19. The van der Waals surface area contributed by atoms with E-state index in [0.717, 1.165) is 39.0 Å². The fraction of sp³-hybridized carbons (Fsp3) is 0.160. The van der Waals surface area contributed by atoms with E-state index in [1.807, 2.05) is 72.8 Å². The van der Waals surface area contributed by atoms with Crippen molar-refractivity contribution in [3.05, 3.63) is 100 Å². The predicted octanol–water partition coefficient (Wildman–Crippen LogP) is 5.09. The molecular formula is C25H21ClN2O3. The molecule has 3 N–H and O–H groups in total. The Labute approximate surface area is 184 Å². The van der Waals surface area contributed by atoms with Crippen LogP contribution < -0.4 is 10.1 Å². The number of rotatable bonds is 5. The first-order chi connectivity index (χ1) is 15.1. The van der Waals surface area contributed by atoms with Gasteiger partial charge in [-0.25, -0.2) is 0 Å². The minimum absolute atomic E-state index is 0.267. The first-order valence-electron chi connectivity index (χ1n) is 10.1. The van der Waals surface area contributed by atoms with Gasteiger partial charge in [0.1, 0.15) is 18.4 Å². The van der Waals surface area contributed by atoms with E-state index >= 15 is 0 Å². The number of para-hydroxylation sites is 1. The van der Waals surface area contributed by atoms with Crippen LogP contribution in [0.2, 0.25) is 5.02 Å². The van der Waals surface area contributed by atoms with Gasteiger partial charge in [-0.2, -0.15) is 0 Å². The SMILES string of the molecule is O=C(O)C1Cc2c([nH]c3ccccc23)C(c2cccc(OCc3ccc(Cl)cc3)c2)N1. The van der Waals surface area contributed by atoms with Crippen LogP contribution in [-0.2, 0) is 17.8 Å². The molecule has 4 aromatic rings. The Kier molecular flexibility index (Phi) is 5.14. The summed E-state index contributed by atoms with van der Waals surface area (Å²) in [6.07, 6.45) is 0.442. The largest absolute Gasteiger partial charge is 0.489 e. The molecule has 0 radical (unpaired) electrons. The molecule has 0 spiro atoms. The van der Waals surface area contributed by atoms with Gasteiger partial charge in [-0.1, -0.05) is 54.1 Å². The highest BCUT2D eigenvalue weighted by Gasteiger charge is 2.33. The van der Waals surface area contributed by atoms with Crippen molar-refractivity contribution in [2.45, 2.75) is 25.1 Å². The Balaban J connectivity index is 1.47. The minimum atomic E-state index is -0.851. The van der Waals surface area contributed by atoms with Crippen molar-refractivity contribution in [1.82, 2.24) is 10.3 Å². The number of carbonyl (C=O) groups is 1. The van der Waals surface area contributed by atoms with E-state index in [4.69, 9.17) is 16.3 Å². The molecule has 0 saturated heterocycles. The molecule has 1 aliphatic rings. The normalized spacial score (nSPS) is 18.0. The molecule has 2 heterocycles. The van der Waals surface area contributed by atoms with Gasteiger partial charge in [0.15, 0.2) is 0 Å². The number of aromatic nitrogens is 1. The number of hydrogen-bond donors (Lipinski definition) is 3. The van der Waals surface area contributed by atoms with Crippen molar-refractivity contribution in [3.8, 4) is 5.75 Å². The molecular weight excluding hydrogens is 412 g/mol. The van der Waals surface area contributed by atoms with Crippen LogP contribution in [-0.4, -0.2) is 22.1 Å². The molecule has 0 aliphatic carbocycles. The summed E-state index contributed by atoms with van der Waals surface area (Å²) >= 11 is 5.95. The van der Waals surface area contributed by atoms with Gasteiger partial charge in [0.2, 0.25) is 0 Å². The number of H-pyrrole nitrogens is 1. The highest BCUT2D eigenvalue weighted by Crippen LogP contribution is 2.36. The average molecular weight is 433 g/mol. The average Bonchev–Trinajstić information content (AvgIpc) is 3.17. The number of ether oxygens (including phenoxy) is 1. The van der Waals surface area contributed by atoms with Crippen molar-refractivity contribution in [3.63, 3.8) is 0 Å². The Bertz CT molecular complexity index is 1250. The summed E-state index contributed by atoms with van der Waals surface area (Å²) in [5.41, 5.74) is 5.05. The Morgan fingerprint density at radius 1 is 1.06 bits per heavy atom. The van der Waals surface area contributed by atoms with Crippen LogP contribution >= 0.6 is 11.6 Å². The molecule has 1 aromatic heterocycles. The van der Waals surface area contributed by atoms with Crippen LogP contribution in [0.3, 0.4) is 0 Å². The monoisotopic (exact) mass is 432 g/mol. The van der Waals surface area contributed by atoms with Gasteiger partial charge in [-0.15, -0.1) is 0 Å². The highest BCUT2D eigenvalue weighted by molar-refractivity contribution is 6.30. The summed E-state index contributed by atoms with van der Waals surface area (Å²) < 4.78 is 5.99. The maximum Gasteiger partial charge on any atom is 0.321 e. The van der Waals surface area contributed by atoms with Crippen LogP contribution in [0.4, 0.5) is 0 Å². The third-order valence-electron chi connectivity index (χ3n) is 5.72. The van der Waals surface area contributed by atoms with Gasteiger partial charge < -0.3 is 14.8 Å². The van der Waals surface area contributed by atoms with E-state index in [0.29, 0.717) is 18.1 Å². The predicted molar refractivity (Wildman–Crippen MR) is 121 cm³/mol. The van der Waals surface area contributed by atoms with Crippen LogP contribution in [0.5, 0.6) is 5.75 Å². The van der Waals surface area contributed by atoms with Crippen molar-refractivity contribution in [2.75, 3.05) is 0 Å². The molecule has 0 fully saturated rings. The zero-order valence-electron chi connectivity index (χ0n) is 16.6. The molecule has 31 heavy (non-hydrogen) atoms. The van der Waals surface area contributed by atoms with Crippen LogP contribution in [0, 0.1) is 0 Å². The van der Waals surface area contributed by atoms with Crippen molar-refractivity contribution < 1.29 is 14.6 Å². The first-order valence-corrected chi connectivity index (χ1v) is 10.5. The minimum Gasteiger partial charge on any atom is -0.489 e. The number of aliphatic carboxylic acids is 1. The molecule has 156 valence electrons. The van der Waals surface area contributed by atoms with Crippen LogP contribution in [0.15, 0.2) is 72.8 Å². The van der Waals surface area contributed by atoms with Crippen molar-refractivity contribution in [1.29, 1.82) is 0 Å². The van der Waals surface area contributed by atoms with Crippen molar-refractivity contribution >= 4 is 28.5 Å². The third-order valence-corrected chi connectivity index (χ3v) is 5.97. The van der Waals surface area contributed by atoms with E-state index in [1.54, 1.807) is 0 Å². The van der Waals surface area contributed by atoms with Crippen LogP contribution in [0.1, 0.15) is 28.4 Å². The quantitative estimate of drug-likeness (QED) is 0.410. The van der Waals surface area contributed by atoms with Crippen LogP contribution in [0.25, 0.3) is 10.9 Å². The van der Waals surface area contributed by atoms with Gasteiger partial charge in [-0.3, -0.25) is 10.1 Å². The Hall–Kier alpha value is -3.28. The highest BCUT2D eigenvalue weighted by atomic mass is 35.5. The molecule has 2 unspecified atom stereocenters. The topological polar surface area (TPSA) is 74.3 Å². The van der Waals surface area contributed by atoms with E-state index in [9.17, 15) is 9.90 Å². The van der Waals surface area contributed by atoms with E-state index in [1.165, 1.54) is 0 Å². The van der Waals surface area contributed by atoms with Gasteiger partial charge in [0, 0.05) is 28.0 Å². The molecule has 5 rings (SSSR count). The molecule has 6 heteroatoms. The molecule has 5 nitrogen and oxygen atoms in total. The van der Waals surface area contributed by atoms with Gasteiger partial charge in [0.25, 0.3) is 0 Å². The number of halogens is 1. The lowest BCUT2D eigenvalue weighted by Crippen LogP contribution is -2.44. The zero-order valence-corrected chi connectivity index (χ0v) is 17.4. The zero-order chi connectivity index (χ0) is 21.4. The number of benzene rings is 3. The summed E-state index contributed by atoms with van der Waals surface area (Å²) in [4.78, 5) is 15.3. The number of carboxylic acids is 1. The number of carboxylic acid groups (broad SMARTS) is 1. The fourth-order valence-corrected chi connectivity index (χ4v) is 4.31. The van der Waals surface area contributed by atoms with Gasteiger partial charge in [-0.05, 0) is 47.0 Å². The lowest BCUT2D eigenvalue weighted by molar-refractivity contribution is -0.139. The third kappa shape index (κ3) is 3.90. The van der Waals surface area contributed by atoms with Gasteiger partial charge in [0.05, 0.1) is 6.04 Å². The van der Waals surface area contributed by atoms with E-state index in [-0.39, 0.29) is 6.04 Å². The van der Waals surface area contributed by atoms with Gasteiger partial charge >= 0.3 is 5.97 Å². The molecule has 3 aromatic carbocycles. The lowest BCUT2D eigenvalue weighted by Gasteiger charge is -2.29. The molecule has 0 bridgehead atoms. The second-order valence-electron chi connectivity index (χ2n) is 7.75. The second-order valence-corrected chi connectivity index (χ2v) is 8.18. The van der Waals surface area contributed by atoms with E-state index in [2.05, 4.69) is 10.3 Å². The molecule has 2 atom stereocenters. The Morgan fingerprint density at radius 2 is 1.87 bits per heavy atom. The standard InChI is InChI=1S/C25H21ClN2O3/c26-17-10-8-15(9-11-17)14-31-18-5-3-4-16(12-18)23-24-20(13-22(28-23)25(29)30)19-6-1-2-7-21(19)27-24/h1-12,22-23,27-28H,13-14H2,(H,29,30). The summed E-state index contributed by atoms with van der Waals surface area (Å²) in [6.45, 7) is 0.425. The Morgan fingerprint density at radius 3 is 2.68 bits per heavy atom. The second kappa shape index (κ2) is 8.10. The number of aromatic amines is 1. The summed E-state index contributed by atoms with van der Waals surface area (Å²) in [6, 6.07) is 22.4.